The highest BCUT2D eigenvalue weighted by molar-refractivity contribution is 7.08. The smallest absolute Gasteiger partial charge is 0.0669 e. The minimum absolute atomic E-state index is 0.678. The minimum atomic E-state index is 0.678. The van der Waals surface area contributed by atoms with Crippen molar-refractivity contribution in [1.82, 2.24) is 0 Å². The summed E-state index contributed by atoms with van der Waals surface area (Å²) in [5, 5.41) is 4.34. The van der Waals surface area contributed by atoms with Crippen molar-refractivity contribution in [2.75, 3.05) is 0 Å². The maximum Gasteiger partial charge on any atom is 0.0669 e. The van der Waals surface area contributed by atoms with Gasteiger partial charge in [0.15, 0.2) is 0 Å². The second-order valence-electron chi connectivity index (χ2n) is 1.28. The molecule has 0 bridgehead atoms. The van der Waals surface area contributed by atoms with Crippen LogP contribution in [0.25, 0.3) is 0 Å². The molecule has 0 N–H and O–H groups in total. The van der Waals surface area contributed by atoms with Crippen LogP contribution in [0, 0.1) is 12.3 Å². The van der Waals surface area contributed by atoms with Gasteiger partial charge >= 0.3 is 0 Å². The SMILES string of the molecule is C#Cc1cscc1Cl. The normalized spacial score (nSPS) is 8.50. The first kappa shape index (κ1) is 5.68. The molecule has 0 saturated carbocycles. The third kappa shape index (κ3) is 0.861. The molecule has 1 heterocycles. The van der Waals surface area contributed by atoms with Crippen LogP contribution in [-0.2, 0) is 0 Å². The van der Waals surface area contributed by atoms with E-state index in [9.17, 15) is 0 Å². The molecule has 0 saturated heterocycles. The number of hydrogen-bond donors (Lipinski definition) is 0. The van der Waals surface area contributed by atoms with E-state index >= 15 is 0 Å². The van der Waals surface area contributed by atoms with E-state index in [1.807, 2.05) is 10.8 Å². The lowest BCUT2D eigenvalue weighted by molar-refractivity contribution is 1.86. The first-order valence-electron chi connectivity index (χ1n) is 2.03. The van der Waals surface area contributed by atoms with Crippen LogP contribution in [0.4, 0.5) is 0 Å². The van der Waals surface area contributed by atoms with Gasteiger partial charge in [-0.3, -0.25) is 0 Å². The molecule has 8 heavy (non-hydrogen) atoms. The molecule has 0 fully saturated rings. The van der Waals surface area contributed by atoms with Gasteiger partial charge in [0.05, 0.1) is 10.6 Å². The summed E-state index contributed by atoms with van der Waals surface area (Å²) in [5.74, 6) is 2.45. The maximum absolute atomic E-state index is 5.61. The molecule has 0 amide bonds. The zero-order valence-electron chi connectivity index (χ0n) is 4.02. The Hall–Kier alpha value is -0.450. The van der Waals surface area contributed by atoms with Crippen LogP contribution in [-0.4, -0.2) is 0 Å². The quantitative estimate of drug-likeness (QED) is 0.488. The van der Waals surface area contributed by atoms with Gasteiger partial charge in [0.25, 0.3) is 0 Å². The molecular weight excluding hydrogens is 140 g/mol. The highest BCUT2D eigenvalue weighted by Gasteiger charge is 1.93. The summed E-state index contributed by atoms with van der Waals surface area (Å²) in [6.07, 6.45) is 5.07. The second kappa shape index (κ2) is 2.21. The Morgan fingerprint density at radius 3 is 2.62 bits per heavy atom. The highest BCUT2D eigenvalue weighted by Crippen LogP contribution is 2.18. The molecule has 0 nitrogen and oxygen atoms in total. The fraction of sp³-hybridized carbons (Fsp3) is 0. The van der Waals surface area contributed by atoms with Crippen LogP contribution in [0.3, 0.4) is 0 Å². The van der Waals surface area contributed by atoms with Crippen molar-refractivity contribution in [3.63, 3.8) is 0 Å². The average molecular weight is 143 g/mol. The zero-order chi connectivity index (χ0) is 5.98. The fourth-order valence-corrected chi connectivity index (χ4v) is 1.36. The Labute approximate surface area is 57.1 Å². The predicted octanol–water partition coefficient (Wildman–Crippen LogP) is 2.38. The topological polar surface area (TPSA) is 0 Å². The molecule has 0 aliphatic rings. The minimum Gasteiger partial charge on any atom is -0.149 e. The largest absolute Gasteiger partial charge is 0.149 e. The van der Waals surface area contributed by atoms with Gasteiger partial charge in [-0.15, -0.1) is 17.8 Å². The standard InChI is InChI=1S/C6H3ClS/c1-2-5-3-8-4-6(5)7/h1,3-4H. The molecule has 0 atom stereocenters. The molecule has 40 valence electrons. The third-order valence-electron chi connectivity index (χ3n) is 0.770. The van der Waals surface area contributed by atoms with Gasteiger partial charge in [0, 0.05) is 10.8 Å². The summed E-state index contributed by atoms with van der Waals surface area (Å²) in [4.78, 5) is 0. The fourth-order valence-electron chi connectivity index (χ4n) is 0.385. The molecule has 1 aromatic rings. The number of terminal acetylenes is 1. The van der Waals surface area contributed by atoms with E-state index in [2.05, 4.69) is 5.92 Å². The summed E-state index contributed by atoms with van der Waals surface area (Å²) in [6.45, 7) is 0. The molecule has 0 spiro atoms. The molecule has 0 aromatic carbocycles. The second-order valence-corrected chi connectivity index (χ2v) is 2.43. The summed E-state index contributed by atoms with van der Waals surface area (Å²) in [7, 11) is 0. The van der Waals surface area contributed by atoms with E-state index in [0.717, 1.165) is 5.56 Å². The number of halogens is 1. The van der Waals surface area contributed by atoms with E-state index in [4.69, 9.17) is 18.0 Å². The monoisotopic (exact) mass is 142 g/mol. The van der Waals surface area contributed by atoms with Gasteiger partial charge in [-0.1, -0.05) is 17.5 Å². The van der Waals surface area contributed by atoms with E-state index in [0.29, 0.717) is 5.02 Å². The van der Waals surface area contributed by atoms with Gasteiger partial charge in [0.2, 0.25) is 0 Å². The Bertz CT molecular complexity index is 219. The first-order valence-corrected chi connectivity index (χ1v) is 3.35. The van der Waals surface area contributed by atoms with E-state index in [1.54, 1.807) is 0 Å². The number of hydrogen-bond acceptors (Lipinski definition) is 1. The van der Waals surface area contributed by atoms with Gasteiger partial charge in [0.1, 0.15) is 0 Å². The van der Waals surface area contributed by atoms with Crippen molar-refractivity contribution >= 4 is 22.9 Å². The molecule has 1 rings (SSSR count). The molecule has 1 aromatic heterocycles. The van der Waals surface area contributed by atoms with Crippen molar-refractivity contribution in [3.05, 3.63) is 21.3 Å². The molecule has 0 radical (unpaired) electrons. The molecule has 0 unspecified atom stereocenters. The molecule has 0 aliphatic heterocycles. The summed E-state index contributed by atoms with van der Waals surface area (Å²) >= 11 is 7.12. The molecular formula is C6H3ClS. The average Bonchev–Trinajstić information content (AvgIpc) is 2.14. The van der Waals surface area contributed by atoms with Crippen LogP contribution in [0.5, 0.6) is 0 Å². The lowest BCUT2D eigenvalue weighted by atomic mass is 10.4. The Morgan fingerprint density at radius 1 is 1.62 bits per heavy atom. The van der Waals surface area contributed by atoms with E-state index in [-0.39, 0.29) is 0 Å². The van der Waals surface area contributed by atoms with E-state index < -0.39 is 0 Å². The van der Waals surface area contributed by atoms with Crippen molar-refractivity contribution in [1.29, 1.82) is 0 Å². The van der Waals surface area contributed by atoms with Crippen molar-refractivity contribution in [3.8, 4) is 12.3 Å². The van der Waals surface area contributed by atoms with Crippen molar-refractivity contribution < 1.29 is 0 Å². The predicted molar refractivity (Wildman–Crippen MR) is 37.3 cm³/mol. The number of thiophene rings is 1. The Balaban J connectivity index is 3.15. The van der Waals surface area contributed by atoms with Crippen molar-refractivity contribution in [2.24, 2.45) is 0 Å². The Kier molecular flexibility index (Phi) is 1.57. The summed E-state index contributed by atoms with van der Waals surface area (Å²) < 4.78 is 0. The van der Waals surface area contributed by atoms with Gasteiger partial charge in [-0.25, -0.2) is 0 Å². The van der Waals surface area contributed by atoms with Crippen LogP contribution in [0.1, 0.15) is 5.56 Å². The molecule has 2 heteroatoms. The highest BCUT2D eigenvalue weighted by atomic mass is 35.5. The lowest BCUT2D eigenvalue weighted by Gasteiger charge is -1.76. The summed E-state index contributed by atoms with van der Waals surface area (Å²) in [6, 6.07) is 0. The first-order chi connectivity index (χ1) is 3.84. The molecule has 0 aliphatic carbocycles. The maximum atomic E-state index is 5.61. The Morgan fingerprint density at radius 2 is 2.38 bits per heavy atom. The van der Waals surface area contributed by atoms with Crippen LogP contribution in [0.2, 0.25) is 5.02 Å². The summed E-state index contributed by atoms with van der Waals surface area (Å²) in [5.41, 5.74) is 0.789. The zero-order valence-corrected chi connectivity index (χ0v) is 5.59. The third-order valence-corrected chi connectivity index (χ3v) is 1.96. The van der Waals surface area contributed by atoms with E-state index in [1.165, 1.54) is 11.3 Å². The van der Waals surface area contributed by atoms with Crippen LogP contribution < -0.4 is 0 Å². The van der Waals surface area contributed by atoms with Crippen molar-refractivity contribution in [2.45, 2.75) is 0 Å². The van der Waals surface area contributed by atoms with Gasteiger partial charge in [-0.2, -0.15) is 0 Å². The number of rotatable bonds is 0. The lowest BCUT2D eigenvalue weighted by Crippen LogP contribution is -1.60. The van der Waals surface area contributed by atoms with Crippen LogP contribution >= 0.6 is 22.9 Å². The van der Waals surface area contributed by atoms with Gasteiger partial charge in [-0.05, 0) is 0 Å². The van der Waals surface area contributed by atoms with Gasteiger partial charge < -0.3 is 0 Å². The van der Waals surface area contributed by atoms with Crippen LogP contribution in [0.15, 0.2) is 10.8 Å².